The zero-order valence-corrected chi connectivity index (χ0v) is 10.1. The van der Waals surface area contributed by atoms with Gasteiger partial charge in [-0.05, 0) is 32.0 Å². The van der Waals surface area contributed by atoms with Crippen molar-refractivity contribution >= 4 is 10.8 Å². The molecule has 1 aliphatic rings. The second kappa shape index (κ2) is 6.53. The van der Waals surface area contributed by atoms with Gasteiger partial charge in [0, 0.05) is 35.9 Å². The summed E-state index contributed by atoms with van der Waals surface area (Å²) in [7, 11) is -0.646. The van der Waals surface area contributed by atoms with Gasteiger partial charge in [-0.2, -0.15) is 0 Å². The molecule has 84 valence electrons. The third kappa shape index (κ3) is 5.08. The summed E-state index contributed by atoms with van der Waals surface area (Å²) in [5, 5.41) is 3.44. The zero-order chi connectivity index (χ0) is 10.4. The number of hydrogen-bond acceptors (Lipinski definition) is 3. The maximum atomic E-state index is 11.0. The van der Waals surface area contributed by atoms with Crippen LogP contribution < -0.4 is 5.32 Å². The minimum absolute atomic E-state index is 0.646. The summed E-state index contributed by atoms with van der Waals surface area (Å²) in [6.45, 7) is 7.79. The molecule has 1 rings (SSSR count). The van der Waals surface area contributed by atoms with Gasteiger partial charge in [0.15, 0.2) is 0 Å². The molecule has 0 aromatic rings. The lowest BCUT2D eigenvalue weighted by molar-refractivity contribution is 0.227. The van der Waals surface area contributed by atoms with E-state index in [0.29, 0.717) is 5.92 Å². The summed E-state index contributed by atoms with van der Waals surface area (Å²) in [5.74, 6) is 1.53. The summed E-state index contributed by atoms with van der Waals surface area (Å²) < 4.78 is 11.0. The summed E-state index contributed by atoms with van der Waals surface area (Å²) in [6.07, 6.45) is 3.00. The number of nitrogens with zero attached hydrogens (tertiary/aromatic N) is 1. The van der Waals surface area contributed by atoms with Crippen LogP contribution in [-0.4, -0.2) is 53.8 Å². The largest absolute Gasteiger partial charge is 0.316 e. The van der Waals surface area contributed by atoms with Crippen molar-refractivity contribution in [1.29, 1.82) is 0 Å². The van der Waals surface area contributed by atoms with E-state index < -0.39 is 10.8 Å². The van der Waals surface area contributed by atoms with Crippen molar-refractivity contribution in [2.24, 2.45) is 5.92 Å². The third-order valence-electron chi connectivity index (χ3n) is 2.59. The van der Waals surface area contributed by atoms with E-state index >= 15 is 0 Å². The molecule has 1 N–H and O–H groups in total. The van der Waals surface area contributed by atoms with Gasteiger partial charge >= 0.3 is 0 Å². The van der Waals surface area contributed by atoms with Crippen LogP contribution in [-0.2, 0) is 10.8 Å². The van der Waals surface area contributed by atoms with Crippen molar-refractivity contribution in [3.8, 4) is 0 Å². The second-order valence-corrected chi connectivity index (χ2v) is 5.80. The normalized spacial score (nSPS) is 28.0. The third-order valence-corrected chi connectivity index (χ3v) is 3.34. The molecule has 2 unspecified atom stereocenters. The standard InChI is InChI=1S/C10H22N2OS/c1-10-8-11-4-3-5-12(9-10)6-7-14(2)13/h10-11H,3-9H2,1-2H3. The van der Waals surface area contributed by atoms with E-state index in [2.05, 4.69) is 17.1 Å². The highest BCUT2D eigenvalue weighted by Gasteiger charge is 2.12. The first-order valence-corrected chi connectivity index (χ1v) is 7.14. The zero-order valence-electron chi connectivity index (χ0n) is 9.29. The highest BCUT2D eigenvalue weighted by Crippen LogP contribution is 2.03. The predicted octanol–water partition coefficient (Wildman–Crippen LogP) is 0.296. The van der Waals surface area contributed by atoms with E-state index in [1.54, 1.807) is 6.26 Å². The molecule has 4 heteroatoms. The monoisotopic (exact) mass is 218 g/mol. The van der Waals surface area contributed by atoms with Gasteiger partial charge in [0.2, 0.25) is 0 Å². The van der Waals surface area contributed by atoms with Gasteiger partial charge < -0.3 is 10.2 Å². The maximum absolute atomic E-state index is 11.0. The van der Waals surface area contributed by atoms with Crippen molar-refractivity contribution in [3.05, 3.63) is 0 Å². The van der Waals surface area contributed by atoms with Crippen LogP contribution in [0.5, 0.6) is 0 Å². The molecule has 0 radical (unpaired) electrons. The predicted molar refractivity (Wildman–Crippen MR) is 62.0 cm³/mol. The van der Waals surface area contributed by atoms with Gasteiger partial charge in [-0.3, -0.25) is 4.21 Å². The number of nitrogens with one attached hydrogen (secondary N) is 1. The highest BCUT2D eigenvalue weighted by molar-refractivity contribution is 7.84. The first-order chi connectivity index (χ1) is 6.68. The van der Waals surface area contributed by atoms with Crippen LogP contribution in [0.2, 0.25) is 0 Å². The van der Waals surface area contributed by atoms with Gasteiger partial charge in [-0.15, -0.1) is 0 Å². The fourth-order valence-electron chi connectivity index (χ4n) is 1.83. The first kappa shape index (κ1) is 12.1. The average molecular weight is 218 g/mol. The van der Waals surface area contributed by atoms with Crippen LogP contribution in [0.25, 0.3) is 0 Å². The molecular formula is C10H22N2OS. The minimum atomic E-state index is -0.646. The lowest BCUT2D eigenvalue weighted by Crippen LogP contribution is -2.40. The molecule has 3 nitrogen and oxygen atoms in total. The van der Waals surface area contributed by atoms with Crippen molar-refractivity contribution < 1.29 is 4.21 Å². The molecule has 1 fully saturated rings. The molecule has 1 saturated heterocycles. The molecule has 0 aromatic heterocycles. The molecule has 0 aliphatic carbocycles. The van der Waals surface area contributed by atoms with Gasteiger partial charge in [0.25, 0.3) is 0 Å². The molecule has 0 spiro atoms. The Kier molecular flexibility index (Phi) is 5.67. The van der Waals surface area contributed by atoms with E-state index in [1.807, 2.05) is 0 Å². The second-order valence-electron chi connectivity index (χ2n) is 4.24. The Morgan fingerprint density at radius 3 is 3.07 bits per heavy atom. The van der Waals surface area contributed by atoms with Crippen LogP contribution in [0.15, 0.2) is 0 Å². The average Bonchev–Trinajstić information content (AvgIpc) is 2.08. The van der Waals surface area contributed by atoms with Crippen molar-refractivity contribution in [3.63, 3.8) is 0 Å². The molecule has 1 heterocycles. The Morgan fingerprint density at radius 2 is 2.36 bits per heavy atom. The molecular weight excluding hydrogens is 196 g/mol. The molecule has 0 saturated carbocycles. The Labute approximate surface area is 89.7 Å². The minimum Gasteiger partial charge on any atom is -0.316 e. The van der Waals surface area contributed by atoms with Crippen LogP contribution in [0, 0.1) is 5.92 Å². The van der Waals surface area contributed by atoms with Gasteiger partial charge in [0.1, 0.15) is 0 Å². The van der Waals surface area contributed by atoms with Crippen molar-refractivity contribution in [2.75, 3.05) is 44.7 Å². The molecule has 0 bridgehead atoms. The smallest absolute Gasteiger partial charge is 0.0359 e. The highest BCUT2D eigenvalue weighted by atomic mass is 32.2. The van der Waals surface area contributed by atoms with Gasteiger partial charge in [-0.1, -0.05) is 6.92 Å². The maximum Gasteiger partial charge on any atom is 0.0359 e. The fourth-order valence-corrected chi connectivity index (χ4v) is 2.35. The van der Waals surface area contributed by atoms with E-state index in [-0.39, 0.29) is 0 Å². The van der Waals surface area contributed by atoms with Crippen LogP contribution in [0.4, 0.5) is 0 Å². The van der Waals surface area contributed by atoms with Crippen LogP contribution in [0.1, 0.15) is 13.3 Å². The Morgan fingerprint density at radius 1 is 1.57 bits per heavy atom. The summed E-state index contributed by atoms with van der Waals surface area (Å²) in [5.41, 5.74) is 0. The first-order valence-electron chi connectivity index (χ1n) is 5.41. The van der Waals surface area contributed by atoms with Gasteiger partial charge in [0.05, 0.1) is 0 Å². The topological polar surface area (TPSA) is 32.3 Å². The molecule has 2 atom stereocenters. The summed E-state index contributed by atoms with van der Waals surface area (Å²) in [6, 6.07) is 0. The SMILES string of the molecule is CC1CNCCCN(CCS(C)=O)C1. The van der Waals surface area contributed by atoms with Crippen LogP contribution in [0.3, 0.4) is 0 Å². The molecule has 0 amide bonds. The van der Waals surface area contributed by atoms with Crippen LogP contribution >= 0.6 is 0 Å². The Bertz CT molecular complexity index is 187. The quantitative estimate of drug-likeness (QED) is 0.739. The lowest BCUT2D eigenvalue weighted by atomic mass is 10.1. The van der Waals surface area contributed by atoms with Gasteiger partial charge in [-0.25, -0.2) is 0 Å². The molecule has 0 aromatic carbocycles. The van der Waals surface area contributed by atoms with E-state index in [1.165, 1.54) is 6.42 Å². The number of rotatable bonds is 3. The van der Waals surface area contributed by atoms with Crippen molar-refractivity contribution in [2.45, 2.75) is 13.3 Å². The lowest BCUT2D eigenvalue weighted by Gasteiger charge is -2.28. The van der Waals surface area contributed by atoms with Crippen molar-refractivity contribution in [1.82, 2.24) is 10.2 Å². The summed E-state index contributed by atoms with van der Waals surface area (Å²) in [4.78, 5) is 2.45. The molecule has 14 heavy (non-hydrogen) atoms. The summed E-state index contributed by atoms with van der Waals surface area (Å²) >= 11 is 0. The van der Waals surface area contributed by atoms with E-state index in [9.17, 15) is 4.21 Å². The Hall–Kier alpha value is 0.0700. The van der Waals surface area contributed by atoms with E-state index in [0.717, 1.165) is 38.5 Å². The number of hydrogen-bond donors (Lipinski definition) is 1. The Balaban J connectivity index is 2.28. The van der Waals surface area contributed by atoms with E-state index in [4.69, 9.17) is 0 Å². The fraction of sp³-hybridized carbons (Fsp3) is 1.00. The molecule has 1 aliphatic heterocycles.